The summed E-state index contributed by atoms with van der Waals surface area (Å²) in [6.45, 7) is 4.74. The van der Waals surface area contributed by atoms with Gasteiger partial charge in [0.05, 0.1) is 12.7 Å². The summed E-state index contributed by atoms with van der Waals surface area (Å²) in [5, 5.41) is 9.75. The van der Waals surface area contributed by atoms with E-state index in [1.807, 2.05) is 18.2 Å². The van der Waals surface area contributed by atoms with Crippen LogP contribution in [0.1, 0.15) is 70.5 Å². The number of hydrogen-bond donors (Lipinski definition) is 1. The normalized spacial score (nSPS) is 12.4. The molecule has 0 spiro atoms. The predicted molar refractivity (Wildman–Crippen MR) is 88.3 cm³/mol. The van der Waals surface area contributed by atoms with Crippen LogP contribution in [0.25, 0.3) is 0 Å². The largest absolute Gasteiger partial charge is 0.493 e. The molecule has 2 nitrogen and oxygen atoms in total. The highest BCUT2D eigenvalue weighted by molar-refractivity contribution is 9.10. The fourth-order valence-electron chi connectivity index (χ4n) is 2.22. The summed E-state index contributed by atoms with van der Waals surface area (Å²) in [4.78, 5) is 0. The monoisotopic (exact) mass is 342 g/mol. The Morgan fingerprint density at radius 2 is 1.75 bits per heavy atom. The van der Waals surface area contributed by atoms with Crippen LogP contribution in [0.3, 0.4) is 0 Å². The second-order valence-electron chi connectivity index (χ2n) is 5.33. The first kappa shape index (κ1) is 17.5. The van der Waals surface area contributed by atoms with E-state index in [2.05, 4.69) is 22.9 Å². The lowest BCUT2D eigenvalue weighted by Gasteiger charge is -2.14. The summed E-state index contributed by atoms with van der Waals surface area (Å²) in [7, 11) is 0. The zero-order valence-electron chi connectivity index (χ0n) is 12.7. The fourth-order valence-corrected chi connectivity index (χ4v) is 2.60. The van der Waals surface area contributed by atoms with Gasteiger partial charge < -0.3 is 9.84 Å². The molecule has 1 rings (SSSR count). The van der Waals surface area contributed by atoms with Gasteiger partial charge >= 0.3 is 0 Å². The predicted octanol–water partition coefficient (Wildman–Crippen LogP) is 5.63. The van der Waals surface area contributed by atoms with Gasteiger partial charge in [0.15, 0.2) is 0 Å². The van der Waals surface area contributed by atoms with Crippen LogP contribution in [0.4, 0.5) is 0 Å². The third-order valence-electron chi connectivity index (χ3n) is 3.43. The lowest BCUT2D eigenvalue weighted by atomic mass is 10.1. The SMILES string of the molecule is CCCCCCCCCOc1ccc(Br)cc1[C@@H](C)O. The minimum atomic E-state index is -0.503. The number of rotatable bonds is 10. The Balaban J connectivity index is 2.25. The Morgan fingerprint density at radius 1 is 1.10 bits per heavy atom. The highest BCUT2D eigenvalue weighted by Crippen LogP contribution is 2.28. The van der Waals surface area contributed by atoms with E-state index in [0.29, 0.717) is 0 Å². The van der Waals surface area contributed by atoms with Crippen molar-refractivity contribution in [1.82, 2.24) is 0 Å². The van der Waals surface area contributed by atoms with E-state index in [-0.39, 0.29) is 0 Å². The molecule has 1 aromatic rings. The number of ether oxygens (including phenoxy) is 1. The Labute approximate surface area is 131 Å². The van der Waals surface area contributed by atoms with Crippen LogP contribution in [0.15, 0.2) is 22.7 Å². The molecule has 0 radical (unpaired) electrons. The maximum atomic E-state index is 9.75. The Morgan fingerprint density at radius 3 is 2.40 bits per heavy atom. The van der Waals surface area contributed by atoms with Crippen molar-refractivity contribution in [2.75, 3.05) is 6.61 Å². The van der Waals surface area contributed by atoms with Crippen molar-refractivity contribution in [3.63, 3.8) is 0 Å². The maximum Gasteiger partial charge on any atom is 0.125 e. The molecule has 1 atom stereocenters. The van der Waals surface area contributed by atoms with E-state index in [0.717, 1.165) is 28.8 Å². The lowest BCUT2D eigenvalue weighted by Crippen LogP contribution is -2.02. The first-order valence-corrected chi connectivity index (χ1v) is 8.54. The Hall–Kier alpha value is -0.540. The molecule has 0 aliphatic carbocycles. The first-order chi connectivity index (χ1) is 9.65. The molecule has 0 heterocycles. The molecule has 3 heteroatoms. The average Bonchev–Trinajstić information content (AvgIpc) is 2.43. The standard InChI is InChI=1S/C17H27BrO2/c1-3-4-5-6-7-8-9-12-20-17-11-10-15(18)13-16(17)14(2)19/h10-11,13-14,19H,3-9,12H2,1-2H3/t14-/m1/s1. The minimum Gasteiger partial charge on any atom is -0.493 e. The summed E-state index contributed by atoms with van der Waals surface area (Å²) in [5.41, 5.74) is 0.849. The molecule has 0 bridgehead atoms. The summed E-state index contributed by atoms with van der Waals surface area (Å²) >= 11 is 3.42. The minimum absolute atomic E-state index is 0.503. The lowest BCUT2D eigenvalue weighted by molar-refractivity contribution is 0.190. The number of aliphatic hydroxyl groups excluding tert-OH is 1. The molecule has 0 aliphatic heterocycles. The zero-order valence-corrected chi connectivity index (χ0v) is 14.3. The average molecular weight is 343 g/mol. The Bertz CT molecular complexity index is 377. The molecule has 0 saturated carbocycles. The van der Waals surface area contributed by atoms with Gasteiger partial charge in [-0.1, -0.05) is 61.4 Å². The fraction of sp³-hybridized carbons (Fsp3) is 0.647. The molecular weight excluding hydrogens is 316 g/mol. The summed E-state index contributed by atoms with van der Waals surface area (Å²) in [5.74, 6) is 0.800. The van der Waals surface area contributed by atoms with Crippen molar-refractivity contribution in [2.24, 2.45) is 0 Å². The molecule has 0 amide bonds. The third kappa shape index (κ3) is 6.76. The zero-order chi connectivity index (χ0) is 14.8. The number of halogens is 1. The molecule has 0 fully saturated rings. The third-order valence-corrected chi connectivity index (χ3v) is 3.92. The molecule has 0 saturated heterocycles. The molecule has 0 unspecified atom stereocenters. The van der Waals surface area contributed by atoms with E-state index >= 15 is 0 Å². The van der Waals surface area contributed by atoms with Crippen LogP contribution < -0.4 is 4.74 Å². The molecule has 20 heavy (non-hydrogen) atoms. The summed E-state index contributed by atoms with van der Waals surface area (Å²) in [6.07, 6.45) is 8.46. The van der Waals surface area contributed by atoms with Gasteiger partial charge in [0.1, 0.15) is 5.75 Å². The number of benzene rings is 1. The number of aliphatic hydroxyl groups is 1. The smallest absolute Gasteiger partial charge is 0.125 e. The van der Waals surface area contributed by atoms with Crippen molar-refractivity contribution in [2.45, 2.75) is 64.9 Å². The van der Waals surface area contributed by atoms with E-state index in [4.69, 9.17) is 4.74 Å². The van der Waals surface area contributed by atoms with Crippen LogP contribution in [-0.4, -0.2) is 11.7 Å². The van der Waals surface area contributed by atoms with Crippen LogP contribution in [0.2, 0.25) is 0 Å². The number of hydrogen-bond acceptors (Lipinski definition) is 2. The van der Waals surface area contributed by atoms with Gasteiger partial charge in [0.25, 0.3) is 0 Å². The van der Waals surface area contributed by atoms with Gasteiger partial charge in [-0.2, -0.15) is 0 Å². The van der Waals surface area contributed by atoms with Crippen LogP contribution in [-0.2, 0) is 0 Å². The summed E-state index contributed by atoms with van der Waals surface area (Å²) in [6, 6.07) is 5.80. The molecule has 1 aromatic carbocycles. The highest BCUT2D eigenvalue weighted by Gasteiger charge is 2.09. The summed E-state index contributed by atoms with van der Waals surface area (Å²) < 4.78 is 6.77. The molecule has 114 valence electrons. The van der Waals surface area contributed by atoms with Gasteiger partial charge in [-0.3, -0.25) is 0 Å². The topological polar surface area (TPSA) is 29.5 Å². The van der Waals surface area contributed by atoms with Gasteiger partial charge in [-0.15, -0.1) is 0 Å². The van der Waals surface area contributed by atoms with Crippen molar-refractivity contribution in [3.8, 4) is 5.75 Å². The van der Waals surface area contributed by atoms with Crippen molar-refractivity contribution >= 4 is 15.9 Å². The van der Waals surface area contributed by atoms with Gasteiger partial charge in [0, 0.05) is 10.0 Å². The molecule has 0 aliphatic rings. The molecule has 0 aromatic heterocycles. The van der Waals surface area contributed by atoms with Crippen LogP contribution >= 0.6 is 15.9 Å². The van der Waals surface area contributed by atoms with Gasteiger partial charge in [-0.05, 0) is 31.5 Å². The second-order valence-corrected chi connectivity index (χ2v) is 6.24. The van der Waals surface area contributed by atoms with Crippen molar-refractivity contribution in [3.05, 3.63) is 28.2 Å². The maximum absolute atomic E-state index is 9.75. The van der Waals surface area contributed by atoms with Crippen molar-refractivity contribution < 1.29 is 9.84 Å². The number of unbranched alkanes of at least 4 members (excludes halogenated alkanes) is 6. The van der Waals surface area contributed by atoms with Crippen molar-refractivity contribution in [1.29, 1.82) is 0 Å². The quantitative estimate of drug-likeness (QED) is 0.558. The molecular formula is C17H27BrO2. The van der Waals surface area contributed by atoms with Gasteiger partial charge in [0.2, 0.25) is 0 Å². The first-order valence-electron chi connectivity index (χ1n) is 7.75. The molecule has 1 N–H and O–H groups in total. The van der Waals surface area contributed by atoms with Gasteiger partial charge in [-0.25, -0.2) is 0 Å². The van der Waals surface area contributed by atoms with Crippen LogP contribution in [0.5, 0.6) is 5.75 Å². The highest BCUT2D eigenvalue weighted by atomic mass is 79.9. The second kappa shape index (κ2) is 10.2. The van der Waals surface area contributed by atoms with E-state index in [9.17, 15) is 5.11 Å². The van der Waals surface area contributed by atoms with Crippen LogP contribution in [0, 0.1) is 0 Å². The van der Waals surface area contributed by atoms with E-state index < -0.39 is 6.10 Å². The van der Waals surface area contributed by atoms with E-state index in [1.165, 1.54) is 38.5 Å². The Kier molecular flexibility index (Phi) is 8.95. The van der Waals surface area contributed by atoms with E-state index in [1.54, 1.807) is 6.92 Å².